The summed E-state index contributed by atoms with van der Waals surface area (Å²) in [6, 6.07) is 16.3. The van der Waals surface area contributed by atoms with E-state index in [1.54, 1.807) is 12.1 Å². The van der Waals surface area contributed by atoms with Crippen molar-refractivity contribution in [1.82, 2.24) is 0 Å². The Kier molecular flexibility index (Phi) is 5.02. The predicted molar refractivity (Wildman–Crippen MR) is 116 cm³/mol. The lowest BCUT2D eigenvalue weighted by Gasteiger charge is -2.16. The minimum atomic E-state index is -3.88. The van der Waals surface area contributed by atoms with Crippen molar-refractivity contribution >= 4 is 50.1 Å². The molecule has 0 radical (unpaired) electrons. The third-order valence-electron chi connectivity index (χ3n) is 4.68. The van der Waals surface area contributed by atoms with Gasteiger partial charge >= 0.3 is 0 Å². The number of thiophene rings is 1. The molecule has 2 amide bonds. The minimum absolute atomic E-state index is 0.102. The summed E-state index contributed by atoms with van der Waals surface area (Å²) in [5, 5.41) is 10.1. The number of amides is 2. The molecule has 0 bridgehead atoms. The first-order valence-electron chi connectivity index (χ1n) is 8.90. The second-order valence-corrected chi connectivity index (χ2v) is 9.16. The first kappa shape index (κ1) is 20.0. The fourth-order valence-corrected chi connectivity index (χ4v) is 4.45. The van der Waals surface area contributed by atoms with E-state index in [2.05, 4.69) is 5.32 Å². The van der Waals surface area contributed by atoms with Gasteiger partial charge in [0.15, 0.2) is 0 Å². The van der Waals surface area contributed by atoms with E-state index in [0.717, 1.165) is 10.5 Å². The zero-order chi connectivity index (χ0) is 21.5. The van der Waals surface area contributed by atoms with Gasteiger partial charge in [0.05, 0.1) is 16.2 Å². The van der Waals surface area contributed by atoms with Crippen molar-refractivity contribution in [2.45, 2.75) is 11.8 Å². The lowest BCUT2D eigenvalue weighted by molar-refractivity contribution is -0.120. The second kappa shape index (κ2) is 7.52. The van der Waals surface area contributed by atoms with E-state index >= 15 is 0 Å². The molecule has 3 aromatic rings. The molecule has 0 saturated carbocycles. The Bertz CT molecular complexity index is 1280. The Labute approximate surface area is 177 Å². The van der Waals surface area contributed by atoms with Crippen LogP contribution in [0.4, 0.5) is 11.4 Å². The third-order valence-corrected chi connectivity index (χ3v) is 6.50. The lowest BCUT2D eigenvalue weighted by atomic mass is 10.1. The van der Waals surface area contributed by atoms with Crippen molar-refractivity contribution in [1.29, 1.82) is 0 Å². The van der Waals surface area contributed by atoms with Crippen LogP contribution < -0.4 is 15.4 Å². The van der Waals surface area contributed by atoms with Crippen LogP contribution in [-0.4, -0.2) is 20.2 Å². The molecule has 4 rings (SSSR count). The van der Waals surface area contributed by atoms with Gasteiger partial charge in [0.2, 0.25) is 10.0 Å². The van der Waals surface area contributed by atoms with Crippen molar-refractivity contribution < 1.29 is 18.0 Å². The SMILES string of the molecule is Cc1ccccc1NC1=C(c2cccs2)C(=O)N(c2ccc(S(N)(=O)=O)cc2)C1=O. The van der Waals surface area contributed by atoms with Gasteiger partial charge < -0.3 is 5.32 Å². The maximum atomic E-state index is 13.3. The monoisotopic (exact) mass is 439 g/mol. The maximum Gasteiger partial charge on any atom is 0.282 e. The lowest BCUT2D eigenvalue weighted by Crippen LogP contribution is -2.32. The van der Waals surface area contributed by atoms with Crippen LogP contribution in [0.15, 0.2) is 76.6 Å². The number of nitrogens with one attached hydrogen (secondary N) is 1. The molecule has 0 atom stereocenters. The van der Waals surface area contributed by atoms with E-state index in [4.69, 9.17) is 5.14 Å². The number of benzene rings is 2. The van der Waals surface area contributed by atoms with Crippen LogP contribution in [0.3, 0.4) is 0 Å². The molecule has 1 aliphatic rings. The molecule has 30 heavy (non-hydrogen) atoms. The molecule has 1 aromatic heterocycles. The fourth-order valence-electron chi connectivity index (χ4n) is 3.16. The Morgan fingerprint density at radius 1 is 0.933 bits per heavy atom. The van der Waals surface area contributed by atoms with Crippen molar-refractivity contribution in [2.75, 3.05) is 10.2 Å². The van der Waals surface area contributed by atoms with Gasteiger partial charge in [-0.25, -0.2) is 18.5 Å². The number of imide groups is 1. The number of nitrogens with two attached hydrogens (primary N) is 1. The highest BCUT2D eigenvalue weighted by Gasteiger charge is 2.40. The largest absolute Gasteiger partial charge is 0.350 e. The number of hydrogen-bond donors (Lipinski definition) is 2. The first-order valence-corrected chi connectivity index (χ1v) is 11.3. The number of sulfonamides is 1. The molecular weight excluding hydrogens is 422 g/mol. The maximum absolute atomic E-state index is 13.3. The van der Waals surface area contributed by atoms with Crippen LogP contribution in [0.1, 0.15) is 10.4 Å². The molecule has 2 aromatic carbocycles. The highest BCUT2D eigenvalue weighted by Crippen LogP contribution is 2.36. The van der Waals surface area contributed by atoms with E-state index in [-0.39, 0.29) is 21.9 Å². The molecule has 152 valence electrons. The van der Waals surface area contributed by atoms with Gasteiger partial charge in [-0.15, -0.1) is 11.3 Å². The van der Waals surface area contributed by atoms with E-state index in [9.17, 15) is 18.0 Å². The molecule has 0 aliphatic carbocycles. The number of carbonyl (C=O) groups excluding carboxylic acids is 2. The molecule has 1 aliphatic heterocycles. The summed E-state index contributed by atoms with van der Waals surface area (Å²) in [6.45, 7) is 1.90. The van der Waals surface area contributed by atoms with Crippen LogP contribution in [0.5, 0.6) is 0 Å². The number of anilines is 2. The van der Waals surface area contributed by atoms with E-state index in [1.165, 1.54) is 35.6 Å². The highest BCUT2D eigenvalue weighted by molar-refractivity contribution is 7.89. The summed E-state index contributed by atoms with van der Waals surface area (Å²) < 4.78 is 23.0. The number of para-hydroxylation sites is 1. The Morgan fingerprint density at radius 3 is 2.23 bits per heavy atom. The third kappa shape index (κ3) is 3.54. The van der Waals surface area contributed by atoms with Gasteiger partial charge in [-0.1, -0.05) is 24.3 Å². The number of hydrogen-bond acceptors (Lipinski definition) is 6. The number of nitrogens with zero attached hydrogens (tertiary/aromatic N) is 1. The normalized spacial score (nSPS) is 14.5. The van der Waals surface area contributed by atoms with Crippen molar-refractivity contribution in [3.05, 3.63) is 82.2 Å². The van der Waals surface area contributed by atoms with Crippen LogP contribution in [0.25, 0.3) is 5.57 Å². The summed E-state index contributed by atoms with van der Waals surface area (Å²) in [5.74, 6) is -1.00. The van der Waals surface area contributed by atoms with Gasteiger partial charge in [-0.05, 0) is 54.3 Å². The summed E-state index contributed by atoms with van der Waals surface area (Å²) in [7, 11) is -3.88. The Hall–Kier alpha value is -3.27. The highest BCUT2D eigenvalue weighted by atomic mass is 32.2. The van der Waals surface area contributed by atoms with Crippen LogP contribution in [0.2, 0.25) is 0 Å². The van der Waals surface area contributed by atoms with Crippen LogP contribution in [0, 0.1) is 6.92 Å². The first-order chi connectivity index (χ1) is 14.3. The van der Waals surface area contributed by atoms with Crippen molar-refractivity contribution in [2.24, 2.45) is 5.14 Å². The van der Waals surface area contributed by atoms with Gasteiger partial charge in [0, 0.05) is 10.6 Å². The average molecular weight is 440 g/mol. The molecule has 7 nitrogen and oxygen atoms in total. The standard InChI is InChI=1S/C21H17N3O4S2/c1-13-5-2-3-6-16(13)23-19-18(17-7-4-12-29-17)20(25)24(21(19)26)14-8-10-15(11-9-14)30(22,27)28/h2-12,23H,1H3,(H2,22,27,28). The zero-order valence-electron chi connectivity index (χ0n) is 15.8. The Morgan fingerprint density at radius 2 is 1.63 bits per heavy atom. The van der Waals surface area contributed by atoms with Crippen molar-refractivity contribution in [3.63, 3.8) is 0 Å². The minimum Gasteiger partial charge on any atom is -0.350 e. The van der Waals surface area contributed by atoms with E-state index in [0.29, 0.717) is 10.6 Å². The molecular formula is C21H17N3O4S2. The fraction of sp³-hybridized carbons (Fsp3) is 0.0476. The average Bonchev–Trinajstić information content (AvgIpc) is 3.30. The molecule has 9 heteroatoms. The smallest absolute Gasteiger partial charge is 0.282 e. The van der Waals surface area contributed by atoms with Crippen molar-refractivity contribution in [3.8, 4) is 0 Å². The summed E-state index contributed by atoms with van der Waals surface area (Å²) in [5.41, 5.74) is 2.34. The molecule has 0 fully saturated rings. The summed E-state index contributed by atoms with van der Waals surface area (Å²) >= 11 is 1.35. The van der Waals surface area contributed by atoms with E-state index < -0.39 is 21.8 Å². The molecule has 2 heterocycles. The summed E-state index contributed by atoms with van der Waals surface area (Å²) in [6.07, 6.45) is 0. The molecule has 0 saturated heterocycles. The number of rotatable bonds is 5. The summed E-state index contributed by atoms with van der Waals surface area (Å²) in [4.78, 5) is 28.1. The number of aryl methyl sites for hydroxylation is 1. The Balaban J connectivity index is 1.78. The van der Waals surface area contributed by atoms with Crippen LogP contribution in [-0.2, 0) is 19.6 Å². The quantitative estimate of drug-likeness (QED) is 0.594. The van der Waals surface area contributed by atoms with Gasteiger partial charge in [-0.3, -0.25) is 9.59 Å². The topological polar surface area (TPSA) is 110 Å². The molecule has 0 unspecified atom stereocenters. The molecule has 3 N–H and O–H groups in total. The van der Waals surface area contributed by atoms with Crippen LogP contribution >= 0.6 is 11.3 Å². The van der Waals surface area contributed by atoms with Gasteiger partial charge in [0.25, 0.3) is 11.8 Å². The van der Waals surface area contributed by atoms with E-state index in [1.807, 2.05) is 36.6 Å². The number of primary sulfonamides is 1. The molecule has 0 spiro atoms. The van der Waals surface area contributed by atoms with Gasteiger partial charge in [0.1, 0.15) is 5.70 Å². The number of carbonyl (C=O) groups is 2. The second-order valence-electron chi connectivity index (χ2n) is 6.65. The predicted octanol–water partition coefficient (Wildman–Crippen LogP) is 3.10. The zero-order valence-corrected chi connectivity index (χ0v) is 17.5. The van der Waals surface area contributed by atoms with Gasteiger partial charge in [-0.2, -0.15) is 0 Å².